The maximum atomic E-state index is 12.9. The minimum Gasteiger partial charge on any atom is -0.326 e. The number of fused-ring (bicyclic) bond motifs is 2. The molecule has 2 aliphatic rings. The van der Waals surface area contributed by atoms with E-state index < -0.39 is 10.0 Å². The number of nitrogens with one attached hydrogen (secondary N) is 1. The minimum atomic E-state index is -3.55. The van der Waals surface area contributed by atoms with Crippen molar-refractivity contribution in [1.82, 2.24) is 14.1 Å². The fourth-order valence-electron chi connectivity index (χ4n) is 3.04. The first-order valence-electron chi connectivity index (χ1n) is 7.48. The number of carbonyl (C=O) groups excluding carboxylic acids is 1. The van der Waals surface area contributed by atoms with Gasteiger partial charge in [0.2, 0.25) is 15.9 Å². The zero-order valence-electron chi connectivity index (χ0n) is 12.4. The van der Waals surface area contributed by atoms with E-state index in [0.717, 1.165) is 11.3 Å². The third kappa shape index (κ3) is 2.43. The van der Waals surface area contributed by atoms with Crippen molar-refractivity contribution in [3.8, 4) is 0 Å². The molecule has 1 aromatic carbocycles. The van der Waals surface area contributed by atoms with Crippen LogP contribution >= 0.6 is 0 Å². The molecule has 2 aliphatic heterocycles. The van der Waals surface area contributed by atoms with Gasteiger partial charge in [-0.05, 0) is 36.2 Å². The first-order chi connectivity index (χ1) is 11.0. The summed E-state index contributed by atoms with van der Waals surface area (Å²) in [5.41, 5.74) is 2.47. The fourth-order valence-corrected chi connectivity index (χ4v) is 4.49. The SMILES string of the molecule is O=C1CCc2cc(S(=O)(=O)N3CCn4nccc4C3)ccc2N1. The molecule has 23 heavy (non-hydrogen) atoms. The molecule has 0 unspecified atom stereocenters. The molecule has 0 spiro atoms. The van der Waals surface area contributed by atoms with E-state index in [4.69, 9.17) is 0 Å². The number of aryl methyl sites for hydroxylation is 1. The Hall–Kier alpha value is -2.19. The Bertz CT molecular complexity index is 888. The summed E-state index contributed by atoms with van der Waals surface area (Å²) < 4.78 is 29.1. The fraction of sp³-hybridized carbons (Fsp3) is 0.333. The summed E-state index contributed by atoms with van der Waals surface area (Å²) in [5, 5.41) is 6.93. The van der Waals surface area contributed by atoms with Crippen LogP contribution in [0.2, 0.25) is 0 Å². The highest BCUT2D eigenvalue weighted by atomic mass is 32.2. The predicted octanol–water partition coefficient (Wildman–Crippen LogP) is 0.972. The molecule has 8 heteroatoms. The highest BCUT2D eigenvalue weighted by Crippen LogP contribution is 2.28. The summed E-state index contributed by atoms with van der Waals surface area (Å²) >= 11 is 0. The number of benzene rings is 1. The molecule has 0 atom stereocenters. The van der Waals surface area contributed by atoms with Crippen molar-refractivity contribution in [3.05, 3.63) is 41.7 Å². The molecule has 1 aromatic heterocycles. The number of carbonyl (C=O) groups is 1. The van der Waals surface area contributed by atoms with Crippen molar-refractivity contribution >= 4 is 21.6 Å². The van der Waals surface area contributed by atoms with Crippen LogP contribution in [0.3, 0.4) is 0 Å². The number of aromatic nitrogens is 2. The van der Waals surface area contributed by atoms with Crippen LogP contribution in [0.25, 0.3) is 0 Å². The number of hydrogen-bond acceptors (Lipinski definition) is 4. The lowest BCUT2D eigenvalue weighted by Gasteiger charge is -2.27. The quantitative estimate of drug-likeness (QED) is 0.888. The molecule has 1 amide bonds. The smallest absolute Gasteiger partial charge is 0.243 e. The van der Waals surface area contributed by atoms with Crippen LogP contribution in [0.15, 0.2) is 35.4 Å². The highest BCUT2D eigenvalue weighted by molar-refractivity contribution is 7.89. The molecule has 1 N–H and O–H groups in total. The topological polar surface area (TPSA) is 84.3 Å². The molecular weight excluding hydrogens is 316 g/mol. The predicted molar refractivity (Wildman–Crippen MR) is 83.2 cm³/mol. The maximum Gasteiger partial charge on any atom is 0.243 e. The Balaban J connectivity index is 1.66. The molecule has 0 saturated heterocycles. The van der Waals surface area contributed by atoms with Crippen molar-refractivity contribution in [2.24, 2.45) is 0 Å². The second-order valence-corrected chi connectivity index (χ2v) is 7.69. The summed E-state index contributed by atoms with van der Waals surface area (Å²) in [4.78, 5) is 11.7. The number of hydrogen-bond donors (Lipinski definition) is 1. The summed E-state index contributed by atoms with van der Waals surface area (Å²) in [5.74, 6) is -0.0302. The number of nitrogens with zero attached hydrogens (tertiary/aromatic N) is 3. The zero-order chi connectivity index (χ0) is 16.0. The van der Waals surface area contributed by atoms with Crippen molar-refractivity contribution in [2.75, 3.05) is 11.9 Å². The molecule has 3 heterocycles. The average molecular weight is 332 g/mol. The van der Waals surface area contributed by atoms with E-state index in [2.05, 4.69) is 10.4 Å². The Morgan fingerprint density at radius 1 is 1.13 bits per heavy atom. The van der Waals surface area contributed by atoms with Gasteiger partial charge in [-0.25, -0.2) is 8.42 Å². The zero-order valence-corrected chi connectivity index (χ0v) is 13.2. The van der Waals surface area contributed by atoms with Gasteiger partial charge in [-0.2, -0.15) is 9.40 Å². The van der Waals surface area contributed by atoms with E-state index in [-0.39, 0.29) is 10.8 Å². The van der Waals surface area contributed by atoms with Crippen molar-refractivity contribution in [3.63, 3.8) is 0 Å². The second kappa shape index (κ2) is 5.17. The average Bonchev–Trinajstić information content (AvgIpc) is 3.01. The van der Waals surface area contributed by atoms with Gasteiger partial charge in [-0.3, -0.25) is 9.48 Å². The lowest BCUT2D eigenvalue weighted by Crippen LogP contribution is -2.38. The first-order valence-corrected chi connectivity index (χ1v) is 8.92. The number of anilines is 1. The van der Waals surface area contributed by atoms with Gasteiger partial charge >= 0.3 is 0 Å². The van der Waals surface area contributed by atoms with E-state index >= 15 is 0 Å². The molecule has 0 saturated carbocycles. The molecule has 0 radical (unpaired) electrons. The van der Waals surface area contributed by atoms with Gasteiger partial charge in [0, 0.05) is 24.8 Å². The van der Waals surface area contributed by atoms with Crippen molar-refractivity contribution < 1.29 is 13.2 Å². The van der Waals surface area contributed by atoms with Gasteiger partial charge in [0.15, 0.2) is 0 Å². The summed E-state index contributed by atoms with van der Waals surface area (Å²) in [6.45, 7) is 1.30. The summed E-state index contributed by atoms with van der Waals surface area (Å²) in [6, 6.07) is 6.75. The lowest BCUT2D eigenvalue weighted by molar-refractivity contribution is -0.116. The van der Waals surface area contributed by atoms with Gasteiger partial charge in [-0.1, -0.05) is 0 Å². The molecule has 0 fully saturated rings. The molecule has 0 aliphatic carbocycles. The van der Waals surface area contributed by atoms with Crippen LogP contribution in [0, 0.1) is 0 Å². The van der Waals surface area contributed by atoms with E-state index in [1.165, 1.54) is 4.31 Å². The molecule has 0 bridgehead atoms. The minimum absolute atomic E-state index is 0.0302. The molecule has 120 valence electrons. The van der Waals surface area contributed by atoms with Crippen molar-refractivity contribution in [2.45, 2.75) is 30.8 Å². The third-order valence-corrected chi connectivity index (χ3v) is 6.16. The van der Waals surface area contributed by atoms with Gasteiger partial charge in [-0.15, -0.1) is 0 Å². The number of rotatable bonds is 2. The normalized spacial score (nSPS) is 18.2. The van der Waals surface area contributed by atoms with Crippen molar-refractivity contribution in [1.29, 1.82) is 0 Å². The van der Waals surface area contributed by atoms with Gasteiger partial charge in [0.1, 0.15) is 0 Å². The Kier molecular flexibility index (Phi) is 3.24. The van der Waals surface area contributed by atoms with Crippen LogP contribution in [-0.2, 0) is 34.3 Å². The highest BCUT2D eigenvalue weighted by Gasteiger charge is 2.29. The van der Waals surface area contributed by atoms with E-state index in [9.17, 15) is 13.2 Å². The monoisotopic (exact) mass is 332 g/mol. The summed E-state index contributed by atoms with van der Waals surface area (Å²) in [7, 11) is -3.55. The van der Waals surface area contributed by atoms with Gasteiger partial charge < -0.3 is 5.32 Å². The van der Waals surface area contributed by atoms with Crippen LogP contribution in [0.5, 0.6) is 0 Å². The van der Waals surface area contributed by atoms with Crippen LogP contribution in [0.1, 0.15) is 17.7 Å². The van der Waals surface area contributed by atoms with Crippen LogP contribution in [-0.4, -0.2) is 35.0 Å². The number of amides is 1. The Labute approximate surface area is 134 Å². The second-order valence-electron chi connectivity index (χ2n) is 5.75. The molecule has 4 rings (SSSR count). The van der Waals surface area contributed by atoms with Crippen LogP contribution < -0.4 is 5.32 Å². The van der Waals surface area contributed by atoms with E-state index in [1.54, 1.807) is 24.4 Å². The number of sulfonamides is 1. The van der Waals surface area contributed by atoms with Crippen LogP contribution in [0.4, 0.5) is 5.69 Å². The molecule has 2 aromatic rings. The molecule has 7 nitrogen and oxygen atoms in total. The van der Waals surface area contributed by atoms with E-state index in [0.29, 0.717) is 38.2 Å². The van der Waals surface area contributed by atoms with E-state index in [1.807, 2.05) is 10.7 Å². The molecular formula is C15H16N4O3S. The Morgan fingerprint density at radius 3 is 2.87 bits per heavy atom. The third-order valence-electron chi connectivity index (χ3n) is 4.31. The van der Waals surface area contributed by atoms with Gasteiger partial charge in [0.05, 0.1) is 23.7 Å². The standard InChI is InChI=1S/C15H16N4O3S/c20-15-4-1-11-9-13(2-3-14(11)17-15)23(21,22)18-7-8-19-12(10-18)5-6-16-19/h2-3,5-6,9H,1,4,7-8,10H2,(H,17,20). The first kappa shape index (κ1) is 14.4. The largest absolute Gasteiger partial charge is 0.326 e. The lowest BCUT2D eigenvalue weighted by atomic mass is 10.0. The maximum absolute atomic E-state index is 12.9. The Morgan fingerprint density at radius 2 is 2.00 bits per heavy atom. The van der Waals surface area contributed by atoms with Gasteiger partial charge in [0.25, 0.3) is 0 Å². The summed E-state index contributed by atoms with van der Waals surface area (Å²) in [6.07, 6.45) is 2.64.